The minimum Gasteiger partial charge on any atom is -0.288 e. The van der Waals surface area contributed by atoms with Crippen molar-refractivity contribution in [2.45, 2.75) is 23.6 Å². The van der Waals surface area contributed by atoms with E-state index in [2.05, 4.69) is 4.98 Å². The highest BCUT2D eigenvalue weighted by Gasteiger charge is 2.25. The lowest BCUT2D eigenvalue weighted by Gasteiger charge is -2.07. The number of carbonyl (C=O) groups is 1. The molecule has 0 amide bonds. The molecule has 228 valence electrons. The van der Waals surface area contributed by atoms with Crippen LogP contribution >= 0.6 is 0 Å². The third-order valence-electron chi connectivity index (χ3n) is 8.06. The summed E-state index contributed by atoms with van der Waals surface area (Å²) in [5.74, 6) is -0.391. The average Bonchev–Trinajstić information content (AvgIpc) is 3.66. The topological polar surface area (TPSA) is 108 Å². The first-order valence-electron chi connectivity index (χ1n) is 14.4. The second-order valence-corrected chi connectivity index (χ2v) is 14.7. The highest BCUT2D eigenvalue weighted by molar-refractivity contribution is 7.90. The smallest absolute Gasteiger partial charge is 0.268 e. The number of benzene rings is 4. The Kier molecular flexibility index (Phi) is 6.99. The number of carbonyl (C=O) groups excluding carboxylic acids is 1. The summed E-state index contributed by atoms with van der Waals surface area (Å²) in [5.41, 5.74) is 4.33. The first-order chi connectivity index (χ1) is 22.1. The van der Waals surface area contributed by atoms with Crippen molar-refractivity contribution in [3.8, 4) is 11.3 Å². The van der Waals surface area contributed by atoms with E-state index in [0.717, 1.165) is 15.1 Å². The lowest BCUT2D eigenvalue weighted by molar-refractivity contribution is 0.104. The highest BCUT2D eigenvalue weighted by Crippen LogP contribution is 2.33. The van der Waals surface area contributed by atoms with Crippen molar-refractivity contribution in [1.29, 1.82) is 0 Å². The van der Waals surface area contributed by atoms with Gasteiger partial charge < -0.3 is 0 Å². The van der Waals surface area contributed by atoms with Gasteiger partial charge in [0.05, 0.1) is 26.5 Å². The maximum Gasteiger partial charge on any atom is 0.268 e. The van der Waals surface area contributed by atoms with Crippen molar-refractivity contribution >= 4 is 47.6 Å². The molecule has 0 fully saturated rings. The van der Waals surface area contributed by atoms with Crippen LogP contribution in [0.4, 0.5) is 0 Å². The van der Waals surface area contributed by atoms with E-state index in [1.807, 2.05) is 26.0 Å². The highest BCUT2D eigenvalue weighted by atomic mass is 32.2. The Morgan fingerprint density at radius 1 is 0.587 bits per heavy atom. The first-order valence-corrected chi connectivity index (χ1v) is 17.3. The normalized spacial score (nSPS) is 12.1. The van der Waals surface area contributed by atoms with Gasteiger partial charge in [0, 0.05) is 46.1 Å². The summed E-state index contributed by atoms with van der Waals surface area (Å²) in [4.78, 5) is 18.7. The quantitative estimate of drug-likeness (QED) is 0.173. The second kappa shape index (κ2) is 10.9. The number of rotatable bonds is 7. The standard InChI is InChI=1S/C36H27N3O5S2/c1-24-11-16-27(17-12-24)45(41,42)38-22-31(29-7-3-5-9-34(29)38)33-20-15-26(21-37-33)36(40)32-23-39(35-10-6-4-8-30(32)35)46(43,44)28-18-13-25(2)14-19-28/h3-23H,1-2H3. The summed E-state index contributed by atoms with van der Waals surface area (Å²) in [5, 5.41) is 1.19. The number of nitrogens with zero attached hydrogens (tertiary/aromatic N) is 3. The van der Waals surface area contributed by atoms with E-state index in [9.17, 15) is 21.6 Å². The molecule has 0 radical (unpaired) electrons. The number of pyridine rings is 1. The predicted octanol–water partition coefficient (Wildman–Crippen LogP) is 6.98. The monoisotopic (exact) mass is 645 g/mol. The molecule has 0 spiro atoms. The van der Waals surface area contributed by atoms with Crippen LogP contribution in [0.25, 0.3) is 33.1 Å². The van der Waals surface area contributed by atoms with Crippen LogP contribution in [-0.4, -0.2) is 35.5 Å². The van der Waals surface area contributed by atoms with E-state index in [0.29, 0.717) is 33.1 Å². The molecule has 10 heteroatoms. The Labute approximate surface area is 266 Å². The van der Waals surface area contributed by atoms with Gasteiger partial charge in [-0.05, 0) is 62.4 Å². The van der Waals surface area contributed by atoms with Crippen LogP contribution in [0.5, 0.6) is 0 Å². The molecule has 0 N–H and O–H groups in total. The van der Waals surface area contributed by atoms with E-state index < -0.39 is 25.8 Å². The number of ketones is 1. The fraction of sp³-hybridized carbons (Fsp3) is 0.0556. The van der Waals surface area contributed by atoms with Gasteiger partial charge in [0.2, 0.25) is 0 Å². The number of fused-ring (bicyclic) bond motifs is 2. The minimum atomic E-state index is -3.98. The van der Waals surface area contributed by atoms with Gasteiger partial charge in [-0.25, -0.2) is 24.8 Å². The van der Waals surface area contributed by atoms with Crippen molar-refractivity contribution in [3.63, 3.8) is 0 Å². The Bertz CT molecular complexity index is 2510. The van der Waals surface area contributed by atoms with E-state index >= 15 is 0 Å². The van der Waals surface area contributed by atoms with Crippen LogP contribution < -0.4 is 0 Å². The summed E-state index contributed by atoms with van der Waals surface area (Å²) in [6.45, 7) is 3.77. The number of para-hydroxylation sites is 2. The number of hydrogen-bond acceptors (Lipinski definition) is 6. The minimum absolute atomic E-state index is 0.118. The SMILES string of the molecule is Cc1ccc(S(=O)(=O)n2cc(C(=O)c3ccc(-c4cn(S(=O)(=O)c5ccc(C)cc5)c5ccccc45)nc3)c3ccccc32)cc1. The molecule has 0 aliphatic heterocycles. The van der Waals surface area contributed by atoms with Gasteiger partial charge >= 0.3 is 0 Å². The molecule has 0 saturated heterocycles. The van der Waals surface area contributed by atoms with Crippen LogP contribution in [0.15, 0.2) is 138 Å². The number of aryl methyl sites for hydroxylation is 2. The number of aromatic nitrogens is 3. The third-order valence-corrected chi connectivity index (χ3v) is 11.4. The molecule has 46 heavy (non-hydrogen) atoms. The molecule has 0 bridgehead atoms. The summed E-state index contributed by atoms with van der Waals surface area (Å²) < 4.78 is 56.9. The summed E-state index contributed by atoms with van der Waals surface area (Å²) in [7, 11) is -7.87. The molecule has 0 atom stereocenters. The van der Waals surface area contributed by atoms with Crippen LogP contribution in [0.2, 0.25) is 0 Å². The Morgan fingerprint density at radius 2 is 1.09 bits per heavy atom. The largest absolute Gasteiger partial charge is 0.288 e. The predicted molar refractivity (Wildman–Crippen MR) is 178 cm³/mol. The van der Waals surface area contributed by atoms with Crippen LogP contribution in [0.1, 0.15) is 27.0 Å². The van der Waals surface area contributed by atoms with Gasteiger partial charge in [0.15, 0.2) is 5.78 Å². The summed E-state index contributed by atoms with van der Waals surface area (Å²) in [6.07, 6.45) is 4.34. The van der Waals surface area contributed by atoms with Crippen LogP contribution in [-0.2, 0) is 20.0 Å². The molecule has 8 nitrogen and oxygen atoms in total. The van der Waals surface area contributed by atoms with E-state index in [4.69, 9.17) is 0 Å². The van der Waals surface area contributed by atoms with Gasteiger partial charge in [-0.2, -0.15) is 0 Å². The van der Waals surface area contributed by atoms with Crippen molar-refractivity contribution < 1.29 is 21.6 Å². The van der Waals surface area contributed by atoms with Crippen molar-refractivity contribution in [2.24, 2.45) is 0 Å². The van der Waals surface area contributed by atoms with E-state index in [-0.39, 0.29) is 20.9 Å². The molecular weight excluding hydrogens is 619 g/mol. The molecule has 3 heterocycles. The average molecular weight is 646 g/mol. The van der Waals surface area contributed by atoms with E-state index in [1.165, 1.54) is 16.4 Å². The molecule has 3 aromatic heterocycles. The maximum absolute atomic E-state index is 13.8. The molecule has 0 aliphatic rings. The molecule has 0 aliphatic carbocycles. The zero-order valence-corrected chi connectivity index (χ0v) is 26.5. The van der Waals surface area contributed by atoms with Crippen LogP contribution in [0.3, 0.4) is 0 Å². The Balaban J connectivity index is 1.27. The zero-order valence-electron chi connectivity index (χ0n) is 24.8. The molecule has 4 aromatic carbocycles. The first kappa shape index (κ1) is 29.4. The van der Waals surface area contributed by atoms with Gasteiger partial charge in [-0.3, -0.25) is 9.78 Å². The van der Waals surface area contributed by atoms with Gasteiger partial charge in [0.25, 0.3) is 20.0 Å². The molecule has 7 rings (SSSR count). The second-order valence-electron chi connectivity index (χ2n) is 11.1. The van der Waals surface area contributed by atoms with Gasteiger partial charge in [0.1, 0.15) is 0 Å². The Morgan fingerprint density at radius 3 is 1.63 bits per heavy atom. The lowest BCUT2D eigenvalue weighted by atomic mass is 10.0. The number of hydrogen-bond donors (Lipinski definition) is 0. The third kappa shape index (κ3) is 4.83. The van der Waals surface area contributed by atoms with Gasteiger partial charge in [-0.1, -0.05) is 71.8 Å². The molecule has 0 saturated carbocycles. The van der Waals surface area contributed by atoms with Crippen LogP contribution in [0, 0.1) is 13.8 Å². The fourth-order valence-electron chi connectivity index (χ4n) is 5.57. The zero-order chi connectivity index (χ0) is 32.2. The van der Waals surface area contributed by atoms with Gasteiger partial charge in [-0.15, -0.1) is 0 Å². The van der Waals surface area contributed by atoms with Crippen molar-refractivity contribution in [1.82, 2.24) is 12.9 Å². The van der Waals surface area contributed by atoms with Crippen molar-refractivity contribution in [2.75, 3.05) is 0 Å². The fourth-order valence-corrected chi connectivity index (χ4v) is 8.31. The molecular formula is C36H27N3O5S2. The van der Waals surface area contributed by atoms with E-state index in [1.54, 1.807) is 103 Å². The summed E-state index contributed by atoms with van der Waals surface area (Å²) in [6, 6.07) is 30.6. The Hall–Kier alpha value is -5.32. The summed E-state index contributed by atoms with van der Waals surface area (Å²) >= 11 is 0. The maximum atomic E-state index is 13.8. The van der Waals surface area contributed by atoms with Crippen molar-refractivity contribution in [3.05, 3.63) is 150 Å². The molecule has 0 unspecified atom stereocenters. The lowest BCUT2D eigenvalue weighted by Crippen LogP contribution is -2.12. The molecule has 7 aromatic rings.